The number of aliphatic hydroxyl groups is 1. The summed E-state index contributed by atoms with van der Waals surface area (Å²) in [4.78, 5) is 12.0. The third-order valence-electron chi connectivity index (χ3n) is 3.49. The van der Waals surface area contributed by atoms with Crippen LogP contribution in [0.4, 0.5) is 0 Å². The van der Waals surface area contributed by atoms with Crippen molar-refractivity contribution in [3.05, 3.63) is 0 Å². The fraction of sp³-hybridized carbons (Fsp3) is 0.923. The van der Waals surface area contributed by atoms with Crippen LogP contribution in [-0.4, -0.2) is 36.2 Å². The van der Waals surface area contributed by atoms with Crippen molar-refractivity contribution in [2.45, 2.75) is 58.6 Å². The minimum absolute atomic E-state index is 0.0343. The van der Waals surface area contributed by atoms with Gasteiger partial charge in [0.2, 0.25) is 5.91 Å². The molecule has 0 spiro atoms. The van der Waals surface area contributed by atoms with E-state index in [2.05, 4.69) is 24.5 Å². The zero-order valence-corrected chi connectivity index (χ0v) is 11.3. The maximum absolute atomic E-state index is 12.0. The van der Waals surface area contributed by atoms with Gasteiger partial charge in [-0.15, -0.1) is 0 Å². The van der Waals surface area contributed by atoms with Gasteiger partial charge in [0.1, 0.15) is 0 Å². The fourth-order valence-electron chi connectivity index (χ4n) is 2.37. The fourth-order valence-corrected chi connectivity index (χ4v) is 2.37. The van der Waals surface area contributed by atoms with Crippen LogP contribution in [0, 0.1) is 5.41 Å². The summed E-state index contributed by atoms with van der Waals surface area (Å²) in [5, 5.41) is 15.4. The van der Waals surface area contributed by atoms with Gasteiger partial charge in [-0.05, 0) is 44.6 Å². The van der Waals surface area contributed by atoms with E-state index in [1.165, 1.54) is 0 Å². The molecule has 0 bridgehead atoms. The molecule has 1 rings (SSSR count). The molecule has 0 aliphatic carbocycles. The summed E-state index contributed by atoms with van der Waals surface area (Å²) < 4.78 is 0. The molecule has 4 nitrogen and oxygen atoms in total. The zero-order valence-electron chi connectivity index (χ0n) is 11.3. The normalized spacial score (nSPS) is 25.3. The Labute approximate surface area is 104 Å². The summed E-state index contributed by atoms with van der Waals surface area (Å²) in [6.45, 7) is 7.62. The smallest absolute Gasteiger partial charge is 0.237 e. The number of hydrogen-bond donors (Lipinski definition) is 3. The highest BCUT2D eigenvalue weighted by molar-refractivity contribution is 5.82. The molecule has 0 aromatic heterocycles. The van der Waals surface area contributed by atoms with Crippen molar-refractivity contribution in [1.29, 1.82) is 0 Å². The Kier molecular flexibility index (Phi) is 5.40. The van der Waals surface area contributed by atoms with Crippen LogP contribution >= 0.6 is 0 Å². The average molecular weight is 242 g/mol. The summed E-state index contributed by atoms with van der Waals surface area (Å²) in [6, 6.07) is -0.0807. The molecule has 2 atom stereocenters. The standard InChI is InChI=1S/C13H26N2O2/c1-10(16)6-4-8-15-12(17)11-13(2,3)7-5-9-14-11/h10-11,14,16H,4-9H2,1-3H3,(H,15,17). The van der Waals surface area contributed by atoms with E-state index in [9.17, 15) is 4.79 Å². The predicted molar refractivity (Wildman–Crippen MR) is 68.7 cm³/mol. The van der Waals surface area contributed by atoms with E-state index in [-0.39, 0.29) is 23.5 Å². The molecule has 1 aliphatic heterocycles. The monoisotopic (exact) mass is 242 g/mol. The molecule has 17 heavy (non-hydrogen) atoms. The molecule has 100 valence electrons. The van der Waals surface area contributed by atoms with Crippen LogP contribution in [0.5, 0.6) is 0 Å². The van der Waals surface area contributed by atoms with Crippen molar-refractivity contribution in [2.24, 2.45) is 5.41 Å². The van der Waals surface area contributed by atoms with Crippen LogP contribution in [-0.2, 0) is 4.79 Å². The molecular formula is C13H26N2O2. The number of carbonyl (C=O) groups is 1. The second kappa shape index (κ2) is 6.36. The van der Waals surface area contributed by atoms with Crippen molar-refractivity contribution in [1.82, 2.24) is 10.6 Å². The van der Waals surface area contributed by atoms with E-state index in [0.29, 0.717) is 6.54 Å². The van der Waals surface area contributed by atoms with Crippen molar-refractivity contribution in [3.63, 3.8) is 0 Å². The Morgan fingerprint density at radius 1 is 1.59 bits per heavy atom. The van der Waals surface area contributed by atoms with Gasteiger partial charge in [0.25, 0.3) is 0 Å². The van der Waals surface area contributed by atoms with Gasteiger partial charge in [-0.3, -0.25) is 4.79 Å². The van der Waals surface area contributed by atoms with Gasteiger partial charge in [-0.2, -0.15) is 0 Å². The summed E-state index contributed by atoms with van der Waals surface area (Å²) >= 11 is 0. The highest BCUT2D eigenvalue weighted by atomic mass is 16.3. The quantitative estimate of drug-likeness (QED) is 0.631. The highest BCUT2D eigenvalue weighted by Crippen LogP contribution is 2.29. The first-order chi connectivity index (χ1) is 7.93. The van der Waals surface area contributed by atoms with Gasteiger partial charge >= 0.3 is 0 Å². The van der Waals surface area contributed by atoms with Gasteiger partial charge in [0.15, 0.2) is 0 Å². The summed E-state index contributed by atoms with van der Waals surface area (Å²) in [7, 11) is 0. The molecule has 1 heterocycles. The number of piperidine rings is 1. The molecule has 0 radical (unpaired) electrons. The Hall–Kier alpha value is -0.610. The third kappa shape index (κ3) is 4.64. The maximum Gasteiger partial charge on any atom is 0.237 e. The Balaban J connectivity index is 2.31. The molecule has 1 aliphatic rings. The van der Waals surface area contributed by atoms with E-state index in [1.54, 1.807) is 6.92 Å². The van der Waals surface area contributed by atoms with Crippen LogP contribution < -0.4 is 10.6 Å². The van der Waals surface area contributed by atoms with E-state index < -0.39 is 0 Å². The SMILES string of the molecule is CC(O)CCCNC(=O)C1NCCCC1(C)C. The van der Waals surface area contributed by atoms with Gasteiger partial charge in [-0.25, -0.2) is 0 Å². The molecule has 1 fully saturated rings. The van der Waals surface area contributed by atoms with Crippen LogP contribution in [0.2, 0.25) is 0 Å². The minimum atomic E-state index is -0.281. The molecule has 0 aromatic rings. The molecule has 3 N–H and O–H groups in total. The first kappa shape index (κ1) is 14.5. The van der Waals surface area contributed by atoms with E-state index in [1.807, 2.05) is 0 Å². The highest BCUT2D eigenvalue weighted by Gasteiger charge is 2.36. The molecular weight excluding hydrogens is 216 g/mol. The third-order valence-corrected chi connectivity index (χ3v) is 3.49. The first-order valence-corrected chi connectivity index (χ1v) is 6.62. The van der Waals surface area contributed by atoms with E-state index in [4.69, 9.17) is 5.11 Å². The molecule has 4 heteroatoms. The lowest BCUT2D eigenvalue weighted by molar-refractivity contribution is -0.126. The number of hydrogen-bond acceptors (Lipinski definition) is 3. The number of amides is 1. The van der Waals surface area contributed by atoms with Crippen LogP contribution in [0.1, 0.15) is 46.5 Å². The minimum Gasteiger partial charge on any atom is -0.393 e. The molecule has 0 aromatic carbocycles. The lowest BCUT2D eigenvalue weighted by Crippen LogP contribution is -2.55. The number of aliphatic hydroxyl groups excluding tert-OH is 1. The second-order valence-corrected chi connectivity index (χ2v) is 5.76. The van der Waals surface area contributed by atoms with Crippen LogP contribution in [0.3, 0.4) is 0 Å². The lowest BCUT2D eigenvalue weighted by atomic mass is 9.77. The number of nitrogens with one attached hydrogen (secondary N) is 2. The van der Waals surface area contributed by atoms with Crippen molar-refractivity contribution < 1.29 is 9.90 Å². The topological polar surface area (TPSA) is 61.4 Å². The lowest BCUT2D eigenvalue weighted by Gasteiger charge is -2.38. The van der Waals surface area contributed by atoms with Gasteiger partial charge < -0.3 is 15.7 Å². The Morgan fingerprint density at radius 2 is 2.29 bits per heavy atom. The average Bonchev–Trinajstić information content (AvgIpc) is 2.23. The summed E-state index contributed by atoms with van der Waals surface area (Å²) in [6.07, 6.45) is 3.51. The summed E-state index contributed by atoms with van der Waals surface area (Å²) in [5.74, 6) is 0.0975. The zero-order chi connectivity index (χ0) is 12.9. The van der Waals surface area contributed by atoms with Gasteiger partial charge in [0, 0.05) is 6.54 Å². The number of carbonyl (C=O) groups excluding carboxylic acids is 1. The van der Waals surface area contributed by atoms with Crippen molar-refractivity contribution in [3.8, 4) is 0 Å². The van der Waals surface area contributed by atoms with Gasteiger partial charge in [0.05, 0.1) is 12.1 Å². The van der Waals surface area contributed by atoms with Crippen molar-refractivity contribution in [2.75, 3.05) is 13.1 Å². The van der Waals surface area contributed by atoms with Gasteiger partial charge in [-0.1, -0.05) is 13.8 Å². The van der Waals surface area contributed by atoms with E-state index in [0.717, 1.165) is 32.2 Å². The Bertz CT molecular complexity index is 252. The molecule has 1 saturated heterocycles. The molecule has 0 saturated carbocycles. The Morgan fingerprint density at radius 3 is 2.88 bits per heavy atom. The summed E-state index contributed by atoms with van der Waals surface area (Å²) in [5.41, 5.74) is 0.0343. The van der Waals surface area contributed by atoms with E-state index >= 15 is 0 Å². The van der Waals surface area contributed by atoms with Crippen LogP contribution in [0.15, 0.2) is 0 Å². The number of rotatable bonds is 5. The predicted octanol–water partition coefficient (Wildman–Crippen LogP) is 1.04. The van der Waals surface area contributed by atoms with Crippen molar-refractivity contribution >= 4 is 5.91 Å². The van der Waals surface area contributed by atoms with Crippen LogP contribution in [0.25, 0.3) is 0 Å². The first-order valence-electron chi connectivity index (χ1n) is 6.62. The molecule has 1 amide bonds. The largest absolute Gasteiger partial charge is 0.393 e. The molecule has 2 unspecified atom stereocenters. The maximum atomic E-state index is 12.0. The second-order valence-electron chi connectivity index (χ2n) is 5.76.